The first-order chi connectivity index (χ1) is 9.29. The summed E-state index contributed by atoms with van der Waals surface area (Å²) in [5.41, 5.74) is 2.69. The molecule has 0 aromatic carbocycles. The van der Waals surface area contributed by atoms with E-state index >= 15 is 0 Å². The molecule has 0 bridgehead atoms. The number of amides is 1. The molecule has 100 valence electrons. The molecular formula is C12H16N6O. The molecule has 0 atom stereocenters. The maximum absolute atomic E-state index is 12.1. The first-order valence-electron chi connectivity index (χ1n) is 6.50. The number of H-pyrrole nitrogens is 1. The van der Waals surface area contributed by atoms with Crippen LogP contribution in [0.15, 0.2) is 6.33 Å². The number of rotatable bonds is 4. The highest BCUT2D eigenvalue weighted by molar-refractivity contribution is 5.94. The van der Waals surface area contributed by atoms with Crippen molar-refractivity contribution in [3.8, 4) is 0 Å². The van der Waals surface area contributed by atoms with Crippen LogP contribution in [-0.2, 0) is 25.9 Å². The van der Waals surface area contributed by atoms with Gasteiger partial charge in [0.2, 0.25) is 0 Å². The Kier molecular flexibility index (Phi) is 3.02. The van der Waals surface area contributed by atoms with Crippen molar-refractivity contribution in [3.63, 3.8) is 0 Å². The van der Waals surface area contributed by atoms with Crippen LogP contribution in [-0.4, -0.2) is 30.9 Å². The quantitative estimate of drug-likeness (QED) is 0.835. The second-order valence-corrected chi connectivity index (χ2v) is 4.60. The highest BCUT2D eigenvalue weighted by atomic mass is 16.1. The summed E-state index contributed by atoms with van der Waals surface area (Å²) in [6.07, 6.45) is 4.67. The van der Waals surface area contributed by atoms with Crippen molar-refractivity contribution in [3.05, 3.63) is 29.1 Å². The maximum atomic E-state index is 12.1. The van der Waals surface area contributed by atoms with E-state index < -0.39 is 0 Å². The Morgan fingerprint density at radius 1 is 1.53 bits per heavy atom. The molecular weight excluding hydrogens is 244 g/mol. The molecule has 1 amide bonds. The third kappa shape index (κ3) is 2.11. The molecule has 0 saturated heterocycles. The van der Waals surface area contributed by atoms with Crippen molar-refractivity contribution in [2.45, 2.75) is 39.3 Å². The first-order valence-corrected chi connectivity index (χ1v) is 6.50. The Balaban J connectivity index is 1.68. The zero-order valence-corrected chi connectivity index (χ0v) is 10.8. The van der Waals surface area contributed by atoms with Crippen molar-refractivity contribution >= 4 is 5.91 Å². The number of aromatic amines is 1. The molecule has 2 N–H and O–H groups in total. The lowest BCUT2D eigenvalue weighted by atomic mass is 10.2. The lowest BCUT2D eigenvalue weighted by molar-refractivity contribution is 0.0943. The van der Waals surface area contributed by atoms with Gasteiger partial charge >= 0.3 is 0 Å². The van der Waals surface area contributed by atoms with E-state index in [0.717, 1.165) is 42.9 Å². The molecule has 0 aliphatic heterocycles. The monoisotopic (exact) mass is 260 g/mol. The Morgan fingerprint density at radius 2 is 2.42 bits per heavy atom. The van der Waals surface area contributed by atoms with E-state index in [1.54, 1.807) is 6.33 Å². The minimum absolute atomic E-state index is 0.148. The largest absolute Gasteiger partial charge is 0.343 e. The minimum Gasteiger partial charge on any atom is -0.343 e. The number of aryl methyl sites for hydroxylation is 2. The lowest BCUT2D eigenvalue weighted by Crippen LogP contribution is -2.25. The predicted molar refractivity (Wildman–Crippen MR) is 67.5 cm³/mol. The van der Waals surface area contributed by atoms with E-state index in [4.69, 9.17) is 0 Å². The summed E-state index contributed by atoms with van der Waals surface area (Å²) in [4.78, 5) is 12.1. The highest BCUT2D eigenvalue weighted by Crippen LogP contribution is 2.22. The minimum atomic E-state index is -0.148. The van der Waals surface area contributed by atoms with Gasteiger partial charge in [0.25, 0.3) is 5.91 Å². The molecule has 0 fully saturated rings. The van der Waals surface area contributed by atoms with Crippen molar-refractivity contribution in [2.75, 3.05) is 0 Å². The van der Waals surface area contributed by atoms with Gasteiger partial charge in [-0.25, -0.2) is 0 Å². The van der Waals surface area contributed by atoms with Crippen LogP contribution in [0.5, 0.6) is 0 Å². The third-order valence-electron chi connectivity index (χ3n) is 3.46. The molecule has 0 unspecified atom stereocenters. The molecule has 3 rings (SSSR count). The van der Waals surface area contributed by atoms with Crippen molar-refractivity contribution in [1.82, 2.24) is 30.3 Å². The molecule has 1 aliphatic carbocycles. The van der Waals surface area contributed by atoms with Crippen LogP contribution in [0.1, 0.15) is 40.9 Å². The van der Waals surface area contributed by atoms with Gasteiger partial charge in [-0.2, -0.15) is 5.10 Å². The van der Waals surface area contributed by atoms with Crippen LogP contribution in [0.3, 0.4) is 0 Å². The normalized spacial score (nSPS) is 13.5. The van der Waals surface area contributed by atoms with Gasteiger partial charge in [0, 0.05) is 17.8 Å². The van der Waals surface area contributed by atoms with Crippen molar-refractivity contribution < 1.29 is 4.79 Å². The SMILES string of the molecule is CCn1cnnc1CNC(=O)c1n[nH]c2c1CCC2. The summed E-state index contributed by atoms with van der Waals surface area (Å²) in [6.45, 7) is 3.17. The van der Waals surface area contributed by atoms with Gasteiger partial charge in [-0.3, -0.25) is 9.89 Å². The van der Waals surface area contributed by atoms with Gasteiger partial charge in [0.1, 0.15) is 6.33 Å². The van der Waals surface area contributed by atoms with Crippen LogP contribution in [0.4, 0.5) is 0 Å². The van der Waals surface area contributed by atoms with Gasteiger partial charge in [0.15, 0.2) is 11.5 Å². The number of hydrogen-bond acceptors (Lipinski definition) is 4. The zero-order chi connectivity index (χ0) is 13.2. The van der Waals surface area contributed by atoms with Crippen LogP contribution in [0, 0.1) is 0 Å². The Hall–Kier alpha value is -2.18. The molecule has 1 aliphatic rings. The fraction of sp³-hybridized carbons (Fsp3) is 0.500. The maximum Gasteiger partial charge on any atom is 0.272 e. The van der Waals surface area contributed by atoms with E-state index in [1.165, 1.54) is 0 Å². The highest BCUT2D eigenvalue weighted by Gasteiger charge is 2.22. The van der Waals surface area contributed by atoms with Crippen molar-refractivity contribution in [2.24, 2.45) is 0 Å². The smallest absolute Gasteiger partial charge is 0.272 e. The van der Waals surface area contributed by atoms with Crippen molar-refractivity contribution in [1.29, 1.82) is 0 Å². The fourth-order valence-electron chi connectivity index (χ4n) is 2.43. The molecule has 0 saturated carbocycles. The van der Waals surface area contributed by atoms with Gasteiger partial charge in [0.05, 0.1) is 6.54 Å². The van der Waals surface area contributed by atoms with E-state index in [2.05, 4.69) is 25.7 Å². The zero-order valence-electron chi connectivity index (χ0n) is 10.8. The van der Waals surface area contributed by atoms with Gasteiger partial charge in [-0.15, -0.1) is 10.2 Å². The van der Waals surface area contributed by atoms with Crippen LogP contribution in [0.25, 0.3) is 0 Å². The topological polar surface area (TPSA) is 88.5 Å². The average molecular weight is 260 g/mol. The summed E-state index contributed by atoms with van der Waals surface area (Å²) in [7, 11) is 0. The summed E-state index contributed by atoms with van der Waals surface area (Å²) < 4.78 is 1.90. The third-order valence-corrected chi connectivity index (χ3v) is 3.46. The van der Waals surface area contributed by atoms with Gasteiger partial charge in [-0.1, -0.05) is 0 Å². The van der Waals surface area contributed by atoms with E-state index in [-0.39, 0.29) is 5.91 Å². The standard InChI is InChI=1S/C12H16N6O/c1-2-18-7-14-16-10(18)6-13-12(19)11-8-4-3-5-9(8)15-17-11/h7H,2-6H2,1H3,(H,13,19)(H,15,17). The summed E-state index contributed by atoms with van der Waals surface area (Å²) in [5.74, 6) is 0.605. The number of fused-ring (bicyclic) bond motifs is 1. The molecule has 19 heavy (non-hydrogen) atoms. The number of carbonyl (C=O) groups excluding carboxylic acids is 1. The molecule has 2 aromatic heterocycles. The van der Waals surface area contributed by atoms with Gasteiger partial charge < -0.3 is 9.88 Å². The van der Waals surface area contributed by atoms with E-state index in [1.807, 2.05) is 11.5 Å². The Bertz CT molecular complexity index is 599. The van der Waals surface area contributed by atoms with Gasteiger partial charge in [-0.05, 0) is 26.2 Å². The molecule has 0 radical (unpaired) electrons. The summed E-state index contributed by atoms with van der Waals surface area (Å²) >= 11 is 0. The molecule has 2 heterocycles. The first kappa shape index (κ1) is 11.9. The molecule has 0 spiro atoms. The number of nitrogens with one attached hydrogen (secondary N) is 2. The Morgan fingerprint density at radius 3 is 3.26 bits per heavy atom. The van der Waals surface area contributed by atoms with E-state index in [9.17, 15) is 4.79 Å². The number of hydrogen-bond donors (Lipinski definition) is 2. The molecule has 7 heteroatoms. The second-order valence-electron chi connectivity index (χ2n) is 4.60. The predicted octanol–water partition coefficient (Wildman–Crippen LogP) is 0.440. The number of aromatic nitrogens is 5. The molecule has 7 nitrogen and oxygen atoms in total. The number of nitrogens with zero attached hydrogens (tertiary/aromatic N) is 4. The second kappa shape index (κ2) is 4.83. The summed E-state index contributed by atoms with van der Waals surface area (Å²) in [6, 6.07) is 0. The lowest BCUT2D eigenvalue weighted by Gasteiger charge is -2.05. The van der Waals surface area contributed by atoms with Crippen LogP contribution < -0.4 is 5.32 Å². The van der Waals surface area contributed by atoms with Crippen LogP contribution in [0.2, 0.25) is 0 Å². The van der Waals surface area contributed by atoms with E-state index in [0.29, 0.717) is 12.2 Å². The fourth-order valence-corrected chi connectivity index (χ4v) is 2.43. The summed E-state index contributed by atoms with van der Waals surface area (Å²) in [5, 5.41) is 17.7. The Labute approximate surface area is 110 Å². The number of carbonyl (C=O) groups is 1. The average Bonchev–Trinajstić information content (AvgIpc) is 3.11. The molecule has 2 aromatic rings. The van der Waals surface area contributed by atoms with Crippen LogP contribution >= 0.6 is 0 Å².